The Kier molecular flexibility index (Phi) is 6.75. The first kappa shape index (κ1) is 18.5. The van der Waals surface area contributed by atoms with Gasteiger partial charge >= 0.3 is 0 Å². The number of benzene rings is 2. The Morgan fingerprint density at radius 2 is 1.73 bits per heavy atom. The predicted octanol–water partition coefficient (Wildman–Crippen LogP) is 3.55. The van der Waals surface area contributed by atoms with Crippen LogP contribution in [0.4, 0.5) is 0 Å². The van der Waals surface area contributed by atoms with Gasteiger partial charge in [-0.15, -0.1) is 0 Å². The number of nitrogens with zero attached hydrogens (tertiary/aromatic N) is 1. The van der Waals surface area contributed by atoms with Gasteiger partial charge in [0, 0.05) is 26.1 Å². The second-order valence-electron chi connectivity index (χ2n) is 6.28. The first-order valence-electron chi connectivity index (χ1n) is 9.04. The van der Waals surface area contributed by atoms with E-state index in [2.05, 4.69) is 11.0 Å². The Morgan fingerprint density at radius 1 is 0.962 bits per heavy atom. The molecular formula is C21H27NO4. The summed E-state index contributed by atoms with van der Waals surface area (Å²) in [7, 11) is 3.35. The van der Waals surface area contributed by atoms with Crippen LogP contribution in [0.2, 0.25) is 0 Å². The van der Waals surface area contributed by atoms with Crippen LogP contribution in [-0.2, 0) is 4.74 Å². The fraction of sp³-hybridized carbons (Fsp3) is 0.429. The van der Waals surface area contributed by atoms with Crippen molar-refractivity contribution in [3.63, 3.8) is 0 Å². The van der Waals surface area contributed by atoms with E-state index >= 15 is 0 Å². The molecular weight excluding hydrogens is 330 g/mol. The van der Waals surface area contributed by atoms with Crippen LogP contribution in [0, 0.1) is 0 Å². The van der Waals surface area contributed by atoms with Crippen molar-refractivity contribution < 1.29 is 18.9 Å². The van der Waals surface area contributed by atoms with Crippen LogP contribution in [0.25, 0.3) is 0 Å². The number of methoxy groups -OCH3 is 2. The van der Waals surface area contributed by atoms with Crippen LogP contribution in [-0.4, -0.2) is 52.0 Å². The molecule has 0 aliphatic carbocycles. The highest BCUT2D eigenvalue weighted by molar-refractivity contribution is 5.40. The third-order valence-corrected chi connectivity index (χ3v) is 4.62. The van der Waals surface area contributed by atoms with Gasteiger partial charge in [-0.1, -0.05) is 24.3 Å². The topological polar surface area (TPSA) is 40.2 Å². The van der Waals surface area contributed by atoms with Crippen molar-refractivity contribution in [2.45, 2.75) is 12.5 Å². The van der Waals surface area contributed by atoms with Crippen LogP contribution >= 0.6 is 0 Å². The zero-order valence-electron chi connectivity index (χ0n) is 15.5. The average molecular weight is 357 g/mol. The molecule has 0 spiro atoms. The van der Waals surface area contributed by atoms with E-state index in [4.69, 9.17) is 18.9 Å². The second kappa shape index (κ2) is 9.46. The van der Waals surface area contributed by atoms with E-state index in [0.717, 1.165) is 62.1 Å². The minimum Gasteiger partial charge on any atom is -0.497 e. The maximum absolute atomic E-state index is 6.37. The molecule has 2 aromatic carbocycles. The molecule has 1 atom stereocenters. The van der Waals surface area contributed by atoms with Gasteiger partial charge < -0.3 is 18.9 Å². The van der Waals surface area contributed by atoms with Gasteiger partial charge in [0.05, 0.1) is 27.4 Å². The molecule has 0 amide bonds. The summed E-state index contributed by atoms with van der Waals surface area (Å²) in [4.78, 5) is 2.42. The minimum absolute atomic E-state index is 0.0794. The molecule has 1 fully saturated rings. The molecule has 26 heavy (non-hydrogen) atoms. The Morgan fingerprint density at radius 3 is 2.46 bits per heavy atom. The molecule has 0 N–H and O–H groups in total. The molecule has 1 aliphatic rings. The molecule has 0 bridgehead atoms. The molecule has 3 rings (SSSR count). The van der Waals surface area contributed by atoms with Crippen LogP contribution in [0.5, 0.6) is 17.2 Å². The lowest BCUT2D eigenvalue weighted by atomic mass is 10.1. The van der Waals surface area contributed by atoms with Gasteiger partial charge in [0.1, 0.15) is 11.9 Å². The second-order valence-corrected chi connectivity index (χ2v) is 6.28. The van der Waals surface area contributed by atoms with E-state index in [-0.39, 0.29) is 6.10 Å². The van der Waals surface area contributed by atoms with Gasteiger partial charge in [-0.2, -0.15) is 0 Å². The summed E-state index contributed by atoms with van der Waals surface area (Å²) in [6, 6.07) is 15.8. The average Bonchev–Trinajstić information content (AvgIpc) is 2.72. The van der Waals surface area contributed by atoms with Crippen molar-refractivity contribution in [2.75, 3.05) is 47.1 Å². The summed E-state index contributed by atoms with van der Waals surface area (Å²) in [6.07, 6.45) is 0.801. The van der Waals surface area contributed by atoms with Crippen LogP contribution < -0.4 is 14.2 Å². The summed E-state index contributed by atoms with van der Waals surface area (Å²) in [5.74, 6) is 2.33. The third kappa shape index (κ3) is 4.90. The molecule has 2 aromatic rings. The Hall–Kier alpha value is -2.24. The molecule has 0 saturated carbocycles. The Balaban J connectivity index is 1.77. The fourth-order valence-electron chi connectivity index (χ4n) is 3.13. The third-order valence-electron chi connectivity index (χ3n) is 4.62. The number of morpholine rings is 1. The molecule has 5 heteroatoms. The van der Waals surface area contributed by atoms with Gasteiger partial charge in [0.15, 0.2) is 11.5 Å². The smallest absolute Gasteiger partial charge is 0.162 e. The van der Waals surface area contributed by atoms with Crippen molar-refractivity contribution in [2.24, 2.45) is 0 Å². The molecule has 140 valence electrons. The number of para-hydroxylation sites is 2. The molecule has 0 unspecified atom stereocenters. The highest BCUT2D eigenvalue weighted by Crippen LogP contribution is 2.33. The largest absolute Gasteiger partial charge is 0.497 e. The molecule has 5 nitrogen and oxygen atoms in total. The molecule has 1 aliphatic heterocycles. The Labute approximate surface area is 155 Å². The molecule has 1 saturated heterocycles. The Bertz CT molecular complexity index is 685. The van der Waals surface area contributed by atoms with E-state index in [1.807, 2.05) is 42.5 Å². The summed E-state index contributed by atoms with van der Waals surface area (Å²) in [6.45, 7) is 4.51. The van der Waals surface area contributed by atoms with Crippen LogP contribution in [0.1, 0.15) is 18.1 Å². The van der Waals surface area contributed by atoms with E-state index in [1.165, 1.54) is 0 Å². The zero-order valence-corrected chi connectivity index (χ0v) is 15.5. The van der Waals surface area contributed by atoms with Gasteiger partial charge in [-0.25, -0.2) is 0 Å². The quantitative estimate of drug-likeness (QED) is 0.723. The lowest BCUT2D eigenvalue weighted by Crippen LogP contribution is -2.37. The van der Waals surface area contributed by atoms with Crippen molar-refractivity contribution in [3.05, 3.63) is 54.1 Å². The van der Waals surface area contributed by atoms with Crippen LogP contribution in [0.3, 0.4) is 0 Å². The zero-order chi connectivity index (χ0) is 18.2. The van der Waals surface area contributed by atoms with Gasteiger partial charge in [-0.3, -0.25) is 4.90 Å². The molecule has 1 heterocycles. The summed E-state index contributed by atoms with van der Waals surface area (Å²) < 4.78 is 22.6. The van der Waals surface area contributed by atoms with E-state index in [1.54, 1.807) is 14.2 Å². The number of hydrogen-bond donors (Lipinski definition) is 0. The SMILES string of the molecule is COc1cccc([C@@H](CCN2CCOCC2)Oc2ccccc2OC)c1. The van der Waals surface area contributed by atoms with E-state index in [9.17, 15) is 0 Å². The lowest BCUT2D eigenvalue weighted by Gasteiger charge is -2.29. The number of ether oxygens (including phenoxy) is 4. The highest BCUT2D eigenvalue weighted by atomic mass is 16.5. The van der Waals surface area contributed by atoms with Gasteiger partial charge in [0.25, 0.3) is 0 Å². The first-order valence-corrected chi connectivity index (χ1v) is 9.04. The van der Waals surface area contributed by atoms with Gasteiger partial charge in [0.2, 0.25) is 0 Å². The summed E-state index contributed by atoms with van der Waals surface area (Å²) in [5.41, 5.74) is 1.10. The maximum atomic E-state index is 6.37. The maximum Gasteiger partial charge on any atom is 0.162 e. The number of rotatable bonds is 8. The lowest BCUT2D eigenvalue weighted by molar-refractivity contribution is 0.0316. The highest BCUT2D eigenvalue weighted by Gasteiger charge is 2.19. The minimum atomic E-state index is -0.0794. The van der Waals surface area contributed by atoms with E-state index in [0.29, 0.717) is 0 Å². The summed E-state index contributed by atoms with van der Waals surface area (Å²) >= 11 is 0. The van der Waals surface area contributed by atoms with E-state index < -0.39 is 0 Å². The predicted molar refractivity (Wildman–Crippen MR) is 101 cm³/mol. The normalized spacial score (nSPS) is 16.1. The van der Waals surface area contributed by atoms with Crippen molar-refractivity contribution in [3.8, 4) is 17.2 Å². The number of hydrogen-bond acceptors (Lipinski definition) is 5. The van der Waals surface area contributed by atoms with Gasteiger partial charge in [-0.05, 0) is 29.8 Å². The molecule has 0 aromatic heterocycles. The first-order chi connectivity index (χ1) is 12.8. The summed E-state index contributed by atoms with van der Waals surface area (Å²) in [5, 5.41) is 0. The van der Waals surface area contributed by atoms with Crippen molar-refractivity contribution in [1.82, 2.24) is 4.90 Å². The van der Waals surface area contributed by atoms with Crippen molar-refractivity contribution in [1.29, 1.82) is 0 Å². The van der Waals surface area contributed by atoms with Crippen molar-refractivity contribution >= 4 is 0 Å². The molecule has 0 radical (unpaired) electrons. The monoisotopic (exact) mass is 357 g/mol. The standard InChI is InChI=1S/C21H27NO4/c1-23-18-7-5-6-17(16-18)19(10-11-22-12-14-25-15-13-22)26-21-9-4-3-8-20(21)24-2/h3-9,16,19H,10-15H2,1-2H3/t19-/m1/s1. The van der Waals surface area contributed by atoms with Crippen LogP contribution in [0.15, 0.2) is 48.5 Å². The fourth-order valence-corrected chi connectivity index (χ4v) is 3.13.